The van der Waals surface area contributed by atoms with Crippen molar-refractivity contribution in [3.63, 3.8) is 0 Å². The number of carbonyl (C=O) groups is 2. The van der Waals surface area contributed by atoms with Crippen LogP contribution in [0.1, 0.15) is 33.1 Å². The number of halogens is 6. The molecule has 0 radical (unpaired) electrons. The van der Waals surface area contributed by atoms with Crippen molar-refractivity contribution in [1.82, 2.24) is 5.32 Å². The topological polar surface area (TPSA) is 100 Å². The molecular weight excluding hydrogens is 553 g/mol. The van der Waals surface area contributed by atoms with Crippen molar-refractivity contribution in [3.05, 3.63) is 81.4 Å². The monoisotopic (exact) mass is 567 g/mol. The predicted molar refractivity (Wildman–Crippen MR) is 126 cm³/mol. The molecule has 0 spiro atoms. The van der Waals surface area contributed by atoms with Gasteiger partial charge in [0.15, 0.2) is 11.5 Å². The number of hydrogen-bond acceptors (Lipinski definition) is 5. The molecule has 3 N–H and O–H groups in total. The van der Waals surface area contributed by atoms with E-state index in [9.17, 15) is 36.6 Å². The minimum Gasteiger partial charge on any atom is -0.453 e. The van der Waals surface area contributed by atoms with Crippen molar-refractivity contribution in [1.29, 1.82) is 0 Å². The number of benzene rings is 3. The van der Waals surface area contributed by atoms with Gasteiger partial charge in [0, 0.05) is 27.8 Å². The zero-order valence-electron chi connectivity index (χ0n) is 19.3. The molecule has 0 saturated heterocycles. The molecule has 3 aliphatic rings. The lowest BCUT2D eigenvalue weighted by Gasteiger charge is -2.27. The summed E-state index contributed by atoms with van der Waals surface area (Å²) >= 11 is 6.28. The Balaban J connectivity index is 1.45. The summed E-state index contributed by atoms with van der Waals surface area (Å²) < 4.78 is 80.3. The van der Waals surface area contributed by atoms with Gasteiger partial charge in [-0.15, -0.1) is 0 Å². The Kier molecular flexibility index (Phi) is 5.46. The molecule has 3 aliphatic heterocycles. The van der Waals surface area contributed by atoms with Gasteiger partial charge in [0.05, 0.1) is 29.5 Å². The molecular formula is C25H15ClF5N3O5. The van der Waals surface area contributed by atoms with Gasteiger partial charge in [-0.05, 0) is 36.4 Å². The van der Waals surface area contributed by atoms with Crippen molar-refractivity contribution in [3.8, 4) is 11.5 Å². The molecule has 0 saturated carbocycles. The Labute approximate surface area is 220 Å². The van der Waals surface area contributed by atoms with Crippen LogP contribution in [0.5, 0.6) is 11.5 Å². The molecule has 0 unspecified atom stereocenters. The normalized spacial score (nSPS) is 21.1. The highest BCUT2D eigenvalue weighted by Crippen LogP contribution is 2.51. The lowest BCUT2D eigenvalue weighted by atomic mass is 9.95. The van der Waals surface area contributed by atoms with Crippen molar-refractivity contribution in [2.75, 3.05) is 23.6 Å². The third kappa shape index (κ3) is 3.75. The SMILES string of the molecule is O=C1N[C@@H](c2cc(F)ccc2Cl)c2c(NC(=O)N3C[C@@](O)(C(F)(F)F)c4cc(F)ccc43)cc3c(c21)OCO3. The zero-order valence-corrected chi connectivity index (χ0v) is 20.1. The second-order valence-corrected chi connectivity index (χ2v) is 9.46. The maximum Gasteiger partial charge on any atom is 0.423 e. The second-order valence-electron chi connectivity index (χ2n) is 9.05. The molecule has 0 bridgehead atoms. The molecule has 6 rings (SSSR count). The van der Waals surface area contributed by atoms with Crippen LogP contribution in [0.15, 0.2) is 42.5 Å². The summed E-state index contributed by atoms with van der Waals surface area (Å²) in [6.45, 7) is -1.51. The van der Waals surface area contributed by atoms with Crippen LogP contribution in [0.3, 0.4) is 0 Å². The van der Waals surface area contributed by atoms with Gasteiger partial charge in [-0.2, -0.15) is 13.2 Å². The summed E-state index contributed by atoms with van der Waals surface area (Å²) in [5.41, 5.74) is -4.60. The number of urea groups is 1. The van der Waals surface area contributed by atoms with E-state index < -0.39 is 53.5 Å². The Morgan fingerprint density at radius 3 is 2.59 bits per heavy atom. The fraction of sp³-hybridized carbons (Fsp3) is 0.200. The van der Waals surface area contributed by atoms with Crippen molar-refractivity contribution < 1.29 is 46.1 Å². The van der Waals surface area contributed by atoms with Crippen molar-refractivity contribution in [2.24, 2.45) is 0 Å². The molecule has 202 valence electrons. The van der Waals surface area contributed by atoms with E-state index in [1.54, 1.807) is 0 Å². The lowest BCUT2D eigenvalue weighted by Crippen LogP contribution is -2.48. The van der Waals surface area contributed by atoms with Crippen molar-refractivity contribution >= 4 is 34.9 Å². The first-order chi connectivity index (χ1) is 18.4. The number of fused-ring (bicyclic) bond motifs is 4. The summed E-state index contributed by atoms with van der Waals surface area (Å²) in [4.78, 5) is 27.0. The van der Waals surface area contributed by atoms with Gasteiger partial charge in [-0.1, -0.05) is 11.6 Å². The van der Waals surface area contributed by atoms with E-state index in [2.05, 4.69) is 10.6 Å². The van der Waals surface area contributed by atoms with Gasteiger partial charge >= 0.3 is 12.2 Å². The number of β-amino-alcohol motifs (C(OH)–C–C–N with tert-alkyl or cyclic N) is 1. The van der Waals surface area contributed by atoms with Crippen LogP contribution in [0.4, 0.5) is 38.1 Å². The largest absolute Gasteiger partial charge is 0.453 e. The number of nitrogens with zero attached hydrogens (tertiary/aromatic N) is 1. The van der Waals surface area contributed by atoms with Crippen molar-refractivity contribution in [2.45, 2.75) is 17.8 Å². The minimum atomic E-state index is -5.24. The number of hydrogen-bond donors (Lipinski definition) is 3. The number of ether oxygens (including phenoxy) is 2. The van der Waals surface area contributed by atoms with Crippen LogP contribution < -0.4 is 25.0 Å². The minimum absolute atomic E-state index is 0.0404. The van der Waals surface area contributed by atoms with Crippen LogP contribution in [0, 0.1) is 11.6 Å². The standard InChI is InChI=1S/C25H15ClF5N3O5/c26-14-3-1-10(27)5-12(14)20-18-15(7-17-21(39-9-38-17)19(18)22(35)33-20)32-23(36)34-8-24(37,25(29,30)31)13-6-11(28)2-4-16(13)34/h1-7,20,37H,8-9H2,(H,32,36)(H,33,35)/t20-,24-/m0/s1. The molecule has 39 heavy (non-hydrogen) atoms. The Bertz CT molecular complexity index is 1580. The van der Waals surface area contributed by atoms with Gasteiger partial charge in [0.25, 0.3) is 5.91 Å². The highest BCUT2D eigenvalue weighted by molar-refractivity contribution is 6.31. The number of alkyl halides is 3. The molecule has 3 heterocycles. The first-order valence-corrected chi connectivity index (χ1v) is 11.7. The number of aliphatic hydroxyl groups is 1. The van der Waals surface area contributed by atoms with E-state index in [1.807, 2.05) is 0 Å². The summed E-state index contributed by atoms with van der Waals surface area (Å²) in [6, 6.07) is 4.88. The third-order valence-electron chi connectivity index (χ3n) is 6.80. The molecule has 0 aliphatic carbocycles. The summed E-state index contributed by atoms with van der Waals surface area (Å²) in [5.74, 6) is -2.21. The van der Waals surface area contributed by atoms with E-state index in [0.717, 1.165) is 24.3 Å². The average Bonchev–Trinajstić information content (AvgIpc) is 3.55. The number of carbonyl (C=O) groups excluding carboxylic acids is 2. The molecule has 3 aromatic rings. The Morgan fingerprint density at radius 2 is 1.85 bits per heavy atom. The van der Waals surface area contributed by atoms with Gasteiger partial charge in [0.1, 0.15) is 11.6 Å². The van der Waals surface area contributed by atoms with E-state index in [0.29, 0.717) is 11.0 Å². The number of nitrogens with one attached hydrogen (secondary N) is 2. The lowest BCUT2D eigenvalue weighted by molar-refractivity contribution is -0.258. The van der Waals surface area contributed by atoms with Gasteiger partial charge in [-0.3, -0.25) is 9.69 Å². The van der Waals surface area contributed by atoms with E-state index in [1.165, 1.54) is 12.1 Å². The van der Waals surface area contributed by atoms with Crippen LogP contribution >= 0.6 is 11.6 Å². The average molecular weight is 568 g/mol. The van der Waals surface area contributed by atoms with Gasteiger partial charge in [0.2, 0.25) is 12.4 Å². The molecule has 3 amide bonds. The second kappa shape index (κ2) is 8.45. The van der Waals surface area contributed by atoms with Gasteiger partial charge < -0.3 is 25.2 Å². The molecule has 0 aromatic heterocycles. The maximum absolute atomic E-state index is 14.1. The summed E-state index contributed by atoms with van der Waals surface area (Å²) in [7, 11) is 0. The molecule has 14 heteroatoms. The van der Waals surface area contributed by atoms with Gasteiger partial charge in [-0.25, -0.2) is 13.6 Å². The number of anilines is 2. The van der Waals surface area contributed by atoms with Crippen LogP contribution in [-0.4, -0.2) is 36.6 Å². The molecule has 2 atom stereocenters. The quantitative estimate of drug-likeness (QED) is 0.379. The van der Waals surface area contributed by atoms with Crippen LogP contribution in [-0.2, 0) is 5.60 Å². The highest BCUT2D eigenvalue weighted by atomic mass is 35.5. The van der Waals surface area contributed by atoms with E-state index >= 15 is 0 Å². The van der Waals surface area contributed by atoms with E-state index in [-0.39, 0.29) is 51.4 Å². The molecule has 0 fully saturated rings. The fourth-order valence-corrected chi connectivity index (χ4v) is 5.24. The third-order valence-corrected chi connectivity index (χ3v) is 7.15. The maximum atomic E-state index is 14.1. The molecule has 8 nitrogen and oxygen atoms in total. The summed E-state index contributed by atoms with van der Waals surface area (Å²) in [5, 5.41) is 15.7. The molecule has 3 aromatic carbocycles. The highest BCUT2D eigenvalue weighted by Gasteiger charge is 2.61. The Morgan fingerprint density at radius 1 is 1.13 bits per heavy atom. The van der Waals surface area contributed by atoms with Crippen LogP contribution in [0.25, 0.3) is 0 Å². The smallest absolute Gasteiger partial charge is 0.423 e. The van der Waals surface area contributed by atoms with E-state index in [4.69, 9.17) is 21.1 Å². The number of rotatable bonds is 2. The zero-order chi connectivity index (χ0) is 27.9. The Hall–Kier alpha value is -4.10. The van der Waals surface area contributed by atoms with Crippen LogP contribution in [0.2, 0.25) is 5.02 Å². The fourth-order valence-electron chi connectivity index (χ4n) is 5.01. The first-order valence-electron chi connectivity index (χ1n) is 11.3. The summed E-state index contributed by atoms with van der Waals surface area (Å²) in [6.07, 6.45) is -5.24. The predicted octanol–water partition coefficient (Wildman–Crippen LogP) is 4.98. The first kappa shape index (κ1) is 25.2. The number of amides is 3.